The van der Waals surface area contributed by atoms with E-state index >= 15 is 0 Å². The second kappa shape index (κ2) is 6.22. The molecular formula is C17H17NO2S. The zero-order valence-electron chi connectivity index (χ0n) is 12.1. The zero-order chi connectivity index (χ0) is 14.7. The molecule has 0 fully saturated rings. The zero-order valence-corrected chi connectivity index (χ0v) is 12.9. The third-order valence-corrected chi connectivity index (χ3v) is 4.44. The van der Waals surface area contributed by atoms with Crippen molar-refractivity contribution in [3.8, 4) is 11.5 Å². The van der Waals surface area contributed by atoms with Crippen LogP contribution in [0.1, 0.15) is 11.1 Å². The van der Waals surface area contributed by atoms with Crippen molar-refractivity contribution in [1.29, 1.82) is 0 Å². The third kappa shape index (κ3) is 2.76. The fourth-order valence-electron chi connectivity index (χ4n) is 2.41. The maximum Gasteiger partial charge on any atom is 0.161 e. The Morgan fingerprint density at radius 3 is 2.43 bits per heavy atom. The number of benzene rings is 2. The first-order valence-corrected chi connectivity index (χ1v) is 7.81. The molecule has 2 aromatic carbocycles. The summed E-state index contributed by atoms with van der Waals surface area (Å²) in [5.41, 5.74) is 3.27. The SMILES string of the molecule is COc1cc2c(cc1OC)C(c1ccccc1)=NCCS2. The molecule has 0 radical (unpaired) electrons. The summed E-state index contributed by atoms with van der Waals surface area (Å²) in [6, 6.07) is 14.4. The van der Waals surface area contributed by atoms with Gasteiger partial charge in [0.1, 0.15) is 0 Å². The van der Waals surface area contributed by atoms with Gasteiger partial charge in [0.15, 0.2) is 11.5 Å². The van der Waals surface area contributed by atoms with Gasteiger partial charge in [0, 0.05) is 28.3 Å². The van der Waals surface area contributed by atoms with Crippen molar-refractivity contribution < 1.29 is 9.47 Å². The molecule has 108 valence electrons. The molecule has 1 aliphatic heterocycles. The van der Waals surface area contributed by atoms with Crippen molar-refractivity contribution in [2.24, 2.45) is 4.99 Å². The number of methoxy groups -OCH3 is 2. The lowest BCUT2D eigenvalue weighted by molar-refractivity contribution is 0.354. The minimum Gasteiger partial charge on any atom is -0.493 e. The normalized spacial score (nSPS) is 13.9. The molecule has 0 atom stereocenters. The van der Waals surface area contributed by atoms with Gasteiger partial charge in [0.2, 0.25) is 0 Å². The lowest BCUT2D eigenvalue weighted by Gasteiger charge is -2.14. The van der Waals surface area contributed by atoms with Crippen LogP contribution < -0.4 is 9.47 Å². The first-order valence-electron chi connectivity index (χ1n) is 6.82. The molecule has 0 bridgehead atoms. The van der Waals surface area contributed by atoms with Crippen LogP contribution in [0.5, 0.6) is 11.5 Å². The second-order valence-electron chi connectivity index (χ2n) is 4.65. The van der Waals surface area contributed by atoms with Crippen molar-refractivity contribution in [2.75, 3.05) is 26.5 Å². The highest BCUT2D eigenvalue weighted by Gasteiger charge is 2.19. The molecule has 2 aromatic rings. The molecule has 0 N–H and O–H groups in total. The van der Waals surface area contributed by atoms with Gasteiger partial charge >= 0.3 is 0 Å². The molecule has 0 amide bonds. The van der Waals surface area contributed by atoms with Crippen molar-refractivity contribution in [3.05, 3.63) is 53.6 Å². The van der Waals surface area contributed by atoms with Crippen LogP contribution in [0.2, 0.25) is 0 Å². The van der Waals surface area contributed by atoms with Crippen LogP contribution in [-0.2, 0) is 0 Å². The molecule has 0 aliphatic carbocycles. The maximum atomic E-state index is 5.44. The van der Waals surface area contributed by atoms with Gasteiger partial charge in [-0.15, -0.1) is 11.8 Å². The average molecular weight is 299 g/mol. The van der Waals surface area contributed by atoms with E-state index in [2.05, 4.69) is 12.1 Å². The highest BCUT2D eigenvalue weighted by atomic mass is 32.2. The molecule has 3 nitrogen and oxygen atoms in total. The lowest BCUT2D eigenvalue weighted by Crippen LogP contribution is -2.05. The first kappa shape index (κ1) is 14.0. The molecule has 3 rings (SSSR count). The van der Waals surface area contributed by atoms with Crippen LogP contribution in [0.15, 0.2) is 52.4 Å². The Hall–Kier alpha value is -1.94. The second-order valence-corrected chi connectivity index (χ2v) is 5.78. The lowest BCUT2D eigenvalue weighted by atomic mass is 10.0. The Balaban J connectivity index is 2.16. The first-order chi connectivity index (χ1) is 10.3. The van der Waals surface area contributed by atoms with Gasteiger partial charge in [-0.05, 0) is 12.1 Å². The van der Waals surface area contributed by atoms with Gasteiger partial charge in [-0.3, -0.25) is 4.99 Å². The predicted octanol–water partition coefficient (Wildman–Crippen LogP) is 3.65. The van der Waals surface area contributed by atoms with Crippen molar-refractivity contribution in [3.63, 3.8) is 0 Å². The van der Waals surface area contributed by atoms with E-state index in [0.29, 0.717) is 0 Å². The molecule has 0 spiro atoms. The molecular weight excluding hydrogens is 282 g/mol. The van der Waals surface area contributed by atoms with E-state index in [1.165, 1.54) is 4.90 Å². The smallest absolute Gasteiger partial charge is 0.161 e. The Kier molecular flexibility index (Phi) is 4.15. The molecule has 1 heterocycles. The molecule has 4 heteroatoms. The summed E-state index contributed by atoms with van der Waals surface area (Å²) >= 11 is 1.81. The molecule has 0 unspecified atom stereocenters. The number of hydrogen-bond donors (Lipinski definition) is 0. The van der Waals surface area contributed by atoms with Crippen LogP contribution in [0.3, 0.4) is 0 Å². The summed E-state index contributed by atoms with van der Waals surface area (Å²) in [5, 5.41) is 0. The largest absolute Gasteiger partial charge is 0.493 e. The molecule has 0 saturated carbocycles. The van der Waals surface area contributed by atoms with E-state index in [-0.39, 0.29) is 0 Å². The Morgan fingerprint density at radius 2 is 1.71 bits per heavy atom. The van der Waals surface area contributed by atoms with E-state index in [9.17, 15) is 0 Å². The summed E-state index contributed by atoms with van der Waals surface area (Å²) in [6.07, 6.45) is 0. The Bertz CT molecular complexity index is 668. The number of fused-ring (bicyclic) bond motifs is 1. The highest BCUT2D eigenvalue weighted by Crippen LogP contribution is 2.37. The summed E-state index contributed by atoms with van der Waals surface area (Å²) < 4.78 is 10.8. The number of ether oxygens (including phenoxy) is 2. The van der Waals surface area contributed by atoms with E-state index in [0.717, 1.165) is 40.6 Å². The standard InChI is InChI=1S/C17H17NO2S/c1-19-14-10-13-16(11-15(14)20-2)21-9-8-18-17(13)12-6-4-3-5-7-12/h3-7,10-11H,8-9H2,1-2H3. The Labute approximate surface area is 129 Å². The number of hydrogen-bond acceptors (Lipinski definition) is 4. The summed E-state index contributed by atoms with van der Waals surface area (Å²) in [7, 11) is 3.32. The monoisotopic (exact) mass is 299 g/mol. The maximum absolute atomic E-state index is 5.44. The van der Waals surface area contributed by atoms with Crippen LogP contribution in [0.4, 0.5) is 0 Å². The number of thioether (sulfide) groups is 1. The van der Waals surface area contributed by atoms with Gasteiger partial charge in [-0.1, -0.05) is 30.3 Å². The van der Waals surface area contributed by atoms with Crippen LogP contribution >= 0.6 is 11.8 Å². The van der Waals surface area contributed by atoms with Gasteiger partial charge in [0.05, 0.1) is 19.9 Å². The van der Waals surface area contributed by atoms with Gasteiger partial charge in [-0.25, -0.2) is 0 Å². The van der Waals surface area contributed by atoms with E-state index in [4.69, 9.17) is 14.5 Å². The number of aliphatic imine (C=N–C) groups is 1. The van der Waals surface area contributed by atoms with E-state index < -0.39 is 0 Å². The molecule has 0 saturated heterocycles. The summed E-state index contributed by atoms with van der Waals surface area (Å²) in [4.78, 5) is 5.95. The molecule has 0 aromatic heterocycles. The van der Waals surface area contributed by atoms with Crippen LogP contribution in [-0.4, -0.2) is 32.2 Å². The van der Waals surface area contributed by atoms with Crippen LogP contribution in [0.25, 0.3) is 0 Å². The van der Waals surface area contributed by atoms with E-state index in [1.54, 1.807) is 26.0 Å². The quantitative estimate of drug-likeness (QED) is 0.867. The van der Waals surface area contributed by atoms with Crippen molar-refractivity contribution in [2.45, 2.75) is 4.90 Å². The minimum absolute atomic E-state index is 0.738. The van der Waals surface area contributed by atoms with Crippen molar-refractivity contribution >= 4 is 17.5 Å². The number of rotatable bonds is 3. The fourth-order valence-corrected chi connectivity index (χ4v) is 3.31. The minimum atomic E-state index is 0.738. The van der Waals surface area contributed by atoms with Gasteiger partial charge in [0.25, 0.3) is 0 Å². The Morgan fingerprint density at radius 1 is 1.00 bits per heavy atom. The highest BCUT2D eigenvalue weighted by molar-refractivity contribution is 7.99. The summed E-state index contributed by atoms with van der Waals surface area (Å²) in [6.45, 7) is 0.814. The predicted molar refractivity (Wildman–Crippen MR) is 87.2 cm³/mol. The average Bonchev–Trinajstić information content (AvgIpc) is 2.76. The van der Waals surface area contributed by atoms with Gasteiger partial charge in [-0.2, -0.15) is 0 Å². The molecule has 1 aliphatic rings. The summed E-state index contributed by atoms with van der Waals surface area (Å²) in [5.74, 6) is 2.47. The van der Waals surface area contributed by atoms with Crippen LogP contribution in [0, 0.1) is 0 Å². The topological polar surface area (TPSA) is 30.8 Å². The van der Waals surface area contributed by atoms with E-state index in [1.807, 2.05) is 30.3 Å². The van der Waals surface area contributed by atoms with Crippen molar-refractivity contribution in [1.82, 2.24) is 0 Å². The van der Waals surface area contributed by atoms with Gasteiger partial charge < -0.3 is 9.47 Å². The molecule has 21 heavy (non-hydrogen) atoms. The third-order valence-electron chi connectivity index (χ3n) is 3.41. The fraction of sp³-hybridized carbons (Fsp3) is 0.235. The number of nitrogens with zero attached hydrogens (tertiary/aromatic N) is 1.